The van der Waals surface area contributed by atoms with E-state index in [0.29, 0.717) is 6.61 Å². The van der Waals surface area contributed by atoms with Crippen LogP contribution in [0, 0.1) is 5.41 Å². The highest BCUT2D eigenvalue weighted by molar-refractivity contribution is 5.68. The van der Waals surface area contributed by atoms with Crippen LogP contribution in [0.2, 0.25) is 0 Å². The molecule has 2 aromatic rings. The summed E-state index contributed by atoms with van der Waals surface area (Å²) >= 11 is 0. The molecule has 2 aromatic carbocycles. The number of hydrogen-bond acceptors (Lipinski definition) is 4. The lowest BCUT2D eigenvalue weighted by Crippen LogP contribution is -2.21. The molecule has 0 saturated heterocycles. The zero-order valence-corrected chi connectivity index (χ0v) is 18.1. The van der Waals surface area contributed by atoms with E-state index in [1.807, 2.05) is 18.2 Å². The van der Waals surface area contributed by atoms with Crippen molar-refractivity contribution in [1.29, 1.82) is 0 Å². The molecule has 3 atom stereocenters. The van der Waals surface area contributed by atoms with Crippen LogP contribution >= 0.6 is 0 Å². The zero-order valence-electron chi connectivity index (χ0n) is 18.1. The van der Waals surface area contributed by atoms with E-state index in [4.69, 9.17) is 19.3 Å². The molecule has 5 heteroatoms. The predicted molar refractivity (Wildman–Crippen MR) is 114 cm³/mol. The number of carboxylic acids is 1. The van der Waals surface area contributed by atoms with E-state index in [-0.39, 0.29) is 30.0 Å². The third-order valence-electron chi connectivity index (χ3n) is 6.12. The summed E-state index contributed by atoms with van der Waals surface area (Å²) in [5, 5.41) is 9.08. The van der Waals surface area contributed by atoms with E-state index >= 15 is 0 Å². The third kappa shape index (κ3) is 3.91. The molecule has 1 N–H and O–H groups in total. The first-order chi connectivity index (χ1) is 14.3. The first-order valence-electron chi connectivity index (χ1n) is 10.6. The smallest absolute Gasteiger partial charge is 0.304 e. The maximum Gasteiger partial charge on any atom is 0.304 e. The molecule has 0 bridgehead atoms. The van der Waals surface area contributed by atoms with Crippen molar-refractivity contribution >= 4 is 5.97 Å². The Morgan fingerprint density at radius 2 is 2.03 bits per heavy atom. The van der Waals surface area contributed by atoms with Crippen LogP contribution in [0.15, 0.2) is 36.4 Å². The van der Waals surface area contributed by atoms with Crippen molar-refractivity contribution in [3.8, 4) is 11.5 Å². The second-order valence-electron chi connectivity index (χ2n) is 9.35. The summed E-state index contributed by atoms with van der Waals surface area (Å²) < 4.78 is 18.0. The highest BCUT2D eigenvalue weighted by Crippen LogP contribution is 2.45. The molecular weight excluding hydrogens is 380 g/mol. The Bertz CT molecular complexity index is 943. The number of hydrogen-bond donors (Lipinski definition) is 1. The Balaban J connectivity index is 1.56. The monoisotopic (exact) mass is 410 g/mol. The third-order valence-corrected chi connectivity index (χ3v) is 6.12. The fourth-order valence-electron chi connectivity index (χ4n) is 4.83. The van der Waals surface area contributed by atoms with Gasteiger partial charge in [0, 0.05) is 24.7 Å². The van der Waals surface area contributed by atoms with E-state index in [0.717, 1.165) is 29.9 Å². The molecule has 4 rings (SSSR count). The predicted octanol–water partition coefficient (Wildman–Crippen LogP) is 5.44. The molecule has 0 unspecified atom stereocenters. The van der Waals surface area contributed by atoms with Crippen LogP contribution in [0.1, 0.15) is 74.0 Å². The lowest BCUT2D eigenvalue weighted by Gasteiger charge is -2.31. The number of carboxylic acid groups (broad SMARTS) is 1. The molecule has 1 aliphatic carbocycles. The summed E-state index contributed by atoms with van der Waals surface area (Å²) in [7, 11) is 1.78. The Morgan fingerprint density at radius 3 is 2.73 bits per heavy atom. The van der Waals surface area contributed by atoms with Crippen molar-refractivity contribution in [3.05, 3.63) is 58.7 Å². The molecule has 2 aliphatic rings. The lowest BCUT2D eigenvalue weighted by atomic mass is 9.82. The van der Waals surface area contributed by atoms with Gasteiger partial charge in [-0.1, -0.05) is 45.0 Å². The van der Waals surface area contributed by atoms with Crippen LogP contribution < -0.4 is 9.47 Å². The minimum atomic E-state index is -0.806. The van der Waals surface area contributed by atoms with Crippen molar-refractivity contribution in [2.75, 3.05) is 13.7 Å². The number of fused-ring (bicyclic) bond motifs is 2. The standard InChI is InChI=1S/C25H30O5/c1-25(2,3)24(28-4)20-7-5-6-19-18(20)10-11-21(19)30-16-8-9-17-15(12-23(26)27)14-29-22(17)13-16/h5-9,13,15,21,24H,10-12,14H2,1-4H3,(H,26,27)/t15-,21+,24+/m1/s1. The number of carbonyl (C=O) groups is 1. The normalized spacial score (nSPS) is 20.9. The minimum absolute atomic E-state index is 0.00658. The molecule has 30 heavy (non-hydrogen) atoms. The molecule has 0 spiro atoms. The van der Waals surface area contributed by atoms with Gasteiger partial charge in [0.2, 0.25) is 0 Å². The largest absolute Gasteiger partial charge is 0.492 e. The maximum absolute atomic E-state index is 11.0. The Morgan fingerprint density at radius 1 is 1.23 bits per heavy atom. The molecule has 5 nitrogen and oxygen atoms in total. The van der Waals surface area contributed by atoms with Crippen molar-refractivity contribution in [1.82, 2.24) is 0 Å². The fraction of sp³-hybridized carbons (Fsp3) is 0.480. The van der Waals surface area contributed by atoms with Crippen LogP contribution in [0.25, 0.3) is 0 Å². The van der Waals surface area contributed by atoms with Crippen LogP contribution in [-0.4, -0.2) is 24.8 Å². The van der Waals surface area contributed by atoms with Crippen molar-refractivity contribution < 1.29 is 24.1 Å². The van der Waals surface area contributed by atoms with Gasteiger partial charge in [-0.3, -0.25) is 4.79 Å². The first-order valence-corrected chi connectivity index (χ1v) is 10.6. The highest BCUT2D eigenvalue weighted by Gasteiger charge is 2.33. The van der Waals surface area contributed by atoms with Crippen molar-refractivity contribution in [3.63, 3.8) is 0 Å². The molecule has 1 heterocycles. The number of rotatable bonds is 6. The summed E-state index contributed by atoms with van der Waals surface area (Å²) in [4.78, 5) is 11.0. The molecule has 0 aromatic heterocycles. The second-order valence-corrected chi connectivity index (χ2v) is 9.35. The van der Waals surface area contributed by atoms with Gasteiger partial charge in [0.25, 0.3) is 0 Å². The highest BCUT2D eigenvalue weighted by atomic mass is 16.5. The number of aliphatic carboxylic acids is 1. The first kappa shape index (κ1) is 20.7. The van der Waals surface area contributed by atoms with E-state index < -0.39 is 5.97 Å². The van der Waals surface area contributed by atoms with Crippen molar-refractivity contribution in [2.24, 2.45) is 5.41 Å². The quantitative estimate of drug-likeness (QED) is 0.687. The van der Waals surface area contributed by atoms with Crippen LogP contribution in [0.5, 0.6) is 11.5 Å². The molecule has 0 fully saturated rings. The van der Waals surface area contributed by atoms with Gasteiger partial charge in [-0.05, 0) is 41.0 Å². The minimum Gasteiger partial charge on any atom is -0.492 e. The average Bonchev–Trinajstić information content (AvgIpc) is 3.26. The molecule has 1 aliphatic heterocycles. The van der Waals surface area contributed by atoms with Gasteiger partial charge in [-0.15, -0.1) is 0 Å². The zero-order chi connectivity index (χ0) is 21.5. The summed E-state index contributed by atoms with van der Waals surface area (Å²) in [6.45, 7) is 7.01. The lowest BCUT2D eigenvalue weighted by molar-refractivity contribution is -0.137. The summed E-state index contributed by atoms with van der Waals surface area (Å²) in [5.74, 6) is 0.592. The van der Waals surface area contributed by atoms with Gasteiger partial charge < -0.3 is 19.3 Å². The molecular formula is C25H30O5. The fourth-order valence-corrected chi connectivity index (χ4v) is 4.83. The van der Waals surface area contributed by atoms with Crippen molar-refractivity contribution in [2.45, 2.75) is 58.2 Å². The number of methoxy groups -OCH3 is 1. The second kappa shape index (κ2) is 7.95. The molecule has 0 amide bonds. The summed E-state index contributed by atoms with van der Waals surface area (Å²) in [6.07, 6.45) is 2.00. The van der Waals surface area contributed by atoms with Gasteiger partial charge in [0.05, 0.1) is 19.1 Å². The van der Waals surface area contributed by atoms with Gasteiger partial charge in [0.15, 0.2) is 0 Å². The van der Waals surface area contributed by atoms with E-state index in [2.05, 4.69) is 39.0 Å². The Hall–Kier alpha value is -2.53. The van der Waals surface area contributed by atoms with Crippen LogP contribution in [0.4, 0.5) is 0 Å². The maximum atomic E-state index is 11.0. The van der Waals surface area contributed by atoms with E-state index in [9.17, 15) is 4.79 Å². The number of ether oxygens (including phenoxy) is 3. The average molecular weight is 411 g/mol. The SMILES string of the molecule is CO[C@@H](c1cccc2c1CC[C@@H]2Oc1ccc2c(c1)OC[C@H]2CC(=O)O)C(C)(C)C. The molecule has 0 saturated carbocycles. The Kier molecular flexibility index (Phi) is 5.49. The summed E-state index contributed by atoms with van der Waals surface area (Å²) in [5.41, 5.74) is 4.77. The van der Waals surface area contributed by atoms with E-state index in [1.54, 1.807) is 7.11 Å². The number of benzene rings is 2. The Labute approximate surface area is 178 Å². The molecule has 0 radical (unpaired) electrons. The molecule has 160 valence electrons. The van der Waals surface area contributed by atoms with Crippen LogP contribution in [-0.2, 0) is 16.0 Å². The van der Waals surface area contributed by atoms with Crippen LogP contribution in [0.3, 0.4) is 0 Å². The topological polar surface area (TPSA) is 65.0 Å². The van der Waals surface area contributed by atoms with Gasteiger partial charge >= 0.3 is 5.97 Å². The summed E-state index contributed by atoms with van der Waals surface area (Å²) in [6, 6.07) is 12.2. The van der Waals surface area contributed by atoms with Gasteiger partial charge in [-0.25, -0.2) is 0 Å². The van der Waals surface area contributed by atoms with Gasteiger partial charge in [0.1, 0.15) is 17.6 Å². The van der Waals surface area contributed by atoms with E-state index in [1.165, 1.54) is 16.7 Å². The van der Waals surface area contributed by atoms with Gasteiger partial charge in [-0.2, -0.15) is 0 Å².